The number of aryl methyl sites for hydroxylation is 1. The molecule has 102 valence electrons. The van der Waals surface area contributed by atoms with Gasteiger partial charge in [-0.25, -0.2) is 0 Å². The molecule has 0 heterocycles. The Labute approximate surface area is 122 Å². The molecule has 0 atom stereocenters. The summed E-state index contributed by atoms with van der Waals surface area (Å²) in [6, 6.07) is 12.1. The fourth-order valence-corrected chi connectivity index (χ4v) is 2.12. The summed E-state index contributed by atoms with van der Waals surface area (Å²) in [6.45, 7) is 3.31. The monoisotopic (exact) mass is 287 g/mol. The highest BCUT2D eigenvalue weighted by Gasteiger charge is 2.13. The number of rotatable bonds is 3. The van der Waals surface area contributed by atoms with Crippen LogP contribution >= 0.6 is 11.6 Å². The maximum Gasteiger partial charge on any atom is 0.255 e. The first-order valence-corrected chi connectivity index (χ1v) is 6.54. The number of amides is 1. The number of ketones is 1. The van der Waals surface area contributed by atoms with Gasteiger partial charge in [0.25, 0.3) is 5.91 Å². The first-order valence-electron chi connectivity index (χ1n) is 6.16. The van der Waals surface area contributed by atoms with Crippen molar-refractivity contribution >= 4 is 29.0 Å². The van der Waals surface area contributed by atoms with E-state index in [4.69, 9.17) is 11.6 Å². The van der Waals surface area contributed by atoms with Crippen LogP contribution in [0.3, 0.4) is 0 Å². The van der Waals surface area contributed by atoms with Gasteiger partial charge in [-0.05, 0) is 43.7 Å². The lowest BCUT2D eigenvalue weighted by Crippen LogP contribution is -2.15. The van der Waals surface area contributed by atoms with Gasteiger partial charge in [0.15, 0.2) is 5.78 Å². The minimum absolute atomic E-state index is 0.123. The zero-order chi connectivity index (χ0) is 14.7. The van der Waals surface area contributed by atoms with Crippen LogP contribution in [0, 0.1) is 6.92 Å². The molecular formula is C16H14ClNO2. The maximum absolute atomic E-state index is 12.3. The van der Waals surface area contributed by atoms with Gasteiger partial charge in [0, 0.05) is 16.1 Å². The van der Waals surface area contributed by atoms with Gasteiger partial charge in [0.2, 0.25) is 0 Å². The van der Waals surface area contributed by atoms with Crippen molar-refractivity contribution in [1.29, 1.82) is 0 Å². The Morgan fingerprint density at radius 1 is 1.05 bits per heavy atom. The van der Waals surface area contributed by atoms with Crippen molar-refractivity contribution < 1.29 is 9.59 Å². The van der Waals surface area contributed by atoms with Gasteiger partial charge < -0.3 is 5.32 Å². The summed E-state index contributed by atoms with van der Waals surface area (Å²) in [7, 11) is 0. The molecule has 0 unspecified atom stereocenters. The van der Waals surface area contributed by atoms with Gasteiger partial charge in [0.05, 0.1) is 5.69 Å². The van der Waals surface area contributed by atoms with E-state index in [1.165, 1.54) is 6.92 Å². The molecule has 0 aromatic heterocycles. The summed E-state index contributed by atoms with van der Waals surface area (Å²) in [4.78, 5) is 23.8. The van der Waals surface area contributed by atoms with Gasteiger partial charge in [-0.2, -0.15) is 0 Å². The van der Waals surface area contributed by atoms with E-state index in [2.05, 4.69) is 5.32 Å². The molecule has 2 rings (SSSR count). The molecule has 0 spiro atoms. The zero-order valence-corrected chi connectivity index (χ0v) is 12.0. The molecule has 2 aromatic carbocycles. The minimum atomic E-state index is -0.257. The van der Waals surface area contributed by atoms with E-state index in [0.29, 0.717) is 21.8 Å². The fourth-order valence-electron chi connectivity index (χ4n) is 1.94. The van der Waals surface area contributed by atoms with Crippen LogP contribution in [0.25, 0.3) is 0 Å². The largest absolute Gasteiger partial charge is 0.321 e. The number of hydrogen-bond donors (Lipinski definition) is 1. The van der Waals surface area contributed by atoms with Crippen LogP contribution in [-0.2, 0) is 0 Å². The highest BCUT2D eigenvalue weighted by Crippen LogP contribution is 2.22. The number of carbonyl (C=O) groups excluding carboxylic acids is 2. The molecular weight excluding hydrogens is 274 g/mol. The van der Waals surface area contributed by atoms with E-state index in [1.54, 1.807) is 30.3 Å². The third-order valence-electron chi connectivity index (χ3n) is 3.00. The van der Waals surface area contributed by atoms with Gasteiger partial charge in [0.1, 0.15) is 0 Å². The van der Waals surface area contributed by atoms with E-state index < -0.39 is 0 Å². The number of anilines is 1. The summed E-state index contributed by atoms with van der Waals surface area (Å²) in [5.74, 6) is -0.380. The van der Waals surface area contributed by atoms with E-state index in [1.807, 2.05) is 19.1 Å². The van der Waals surface area contributed by atoms with E-state index >= 15 is 0 Å². The van der Waals surface area contributed by atoms with Crippen LogP contribution in [0.2, 0.25) is 5.02 Å². The minimum Gasteiger partial charge on any atom is -0.321 e. The Balaban J connectivity index is 2.35. The Hall–Kier alpha value is -2.13. The third-order valence-corrected chi connectivity index (χ3v) is 3.23. The van der Waals surface area contributed by atoms with Crippen LogP contribution in [0.4, 0.5) is 5.69 Å². The maximum atomic E-state index is 12.3. The normalized spacial score (nSPS) is 10.2. The van der Waals surface area contributed by atoms with Crippen molar-refractivity contribution in [2.75, 3.05) is 5.32 Å². The lowest BCUT2D eigenvalue weighted by molar-refractivity contribution is 0.101. The number of nitrogens with one attached hydrogen (secondary N) is 1. The number of Topliss-reactive ketones (excluding diaryl/α,β-unsaturated/α-hetero) is 1. The lowest BCUT2D eigenvalue weighted by Gasteiger charge is -2.11. The molecule has 4 heteroatoms. The second-order valence-corrected chi connectivity index (χ2v) is 4.95. The van der Waals surface area contributed by atoms with Gasteiger partial charge in [-0.1, -0.05) is 29.8 Å². The second kappa shape index (κ2) is 5.88. The summed E-state index contributed by atoms with van der Waals surface area (Å²) in [5, 5.41) is 3.21. The van der Waals surface area contributed by atoms with Crippen molar-refractivity contribution in [3.63, 3.8) is 0 Å². The highest BCUT2D eigenvalue weighted by atomic mass is 35.5. The second-order valence-electron chi connectivity index (χ2n) is 4.52. The Morgan fingerprint density at radius 2 is 1.75 bits per heavy atom. The summed E-state index contributed by atoms with van der Waals surface area (Å²) < 4.78 is 0. The molecule has 0 saturated heterocycles. The quantitative estimate of drug-likeness (QED) is 0.864. The molecule has 0 aliphatic heterocycles. The van der Waals surface area contributed by atoms with Crippen molar-refractivity contribution in [2.45, 2.75) is 13.8 Å². The average Bonchev–Trinajstić information content (AvgIpc) is 2.38. The molecule has 0 aliphatic rings. The smallest absolute Gasteiger partial charge is 0.255 e. The number of benzene rings is 2. The fraction of sp³-hybridized carbons (Fsp3) is 0.125. The molecule has 0 fully saturated rings. The molecule has 0 bridgehead atoms. The van der Waals surface area contributed by atoms with Crippen LogP contribution in [-0.4, -0.2) is 11.7 Å². The lowest BCUT2D eigenvalue weighted by atomic mass is 10.1. The Kier molecular flexibility index (Phi) is 4.20. The van der Waals surface area contributed by atoms with Crippen LogP contribution in [0.15, 0.2) is 42.5 Å². The first-order chi connectivity index (χ1) is 9.49. The Bertz CT molecular complexity index is 680. The van der Waals surface area contributed by atoms with E-state index in [9.17, 15) is 9.59 Å². The molecule has 0 saturated carbocycles. The van der Waals surface area contributed by atoms with E-state index in [0.717, 1.165) is 5.56 Å². The number of halogens is 1. The molecule has 1 N–H and O–H groups in total. The average molecular weight is 288 g/mol. The van der Waals surface area contributed by atoms with Crippen LogP contribution in [0.1, 0.15) is 33.2 Å². The zero-order valence-electron chi connectivity index (χ0n) is 11.2. The number of hydrogen-bond acceptors (Lipinski definition) is 2. The molecule has 1 amide bonds. The van der Waals surface area contributed by atoms with Crippen molar-refractivity contribution in [1.82, 2.24) is 0 Å². The van der Waals surface area contributed by atoms with Crippen molar-refractivity contribution in [3.8, 4) is 0 Å². The molecule has 20 heavy (non-hydrogen) atoms. The van der Waals surface area contributed by atoms with Gasteiger partial charge >= 0.3 is 0 Å². The van der Waals surface area contributed by atoms with Gasteiger partial charge in [-0.15, -0.1) is 0 Å². The summed E-state index contributed by atoms with van der Waals surface area (Å²) in [6.07, 6.45) is 0. The van der Waals surface area contributed by atoms with Gasteiger partial charge in [-0.3, -0.25) is 9.59 Å². The predicted octanol–water partition coefficient (Wildman–Crippen LogP) is 4.10. The topological polar surface area (TPSA) is 46.2 Å². The molecule has 3 nitrogen and oxygen atoms in total. The summed E-state index contributed by atoms with van der Waals surface area (Å²) >= 11 is 5.92. The molecule has 0 aliphatic carbocycles. The van der Waals surface area contributed by atoms with Crippen LogP contribution < -0.4 is 5.32 Å². The standard InChI is InChI=1S/C16H14ClNO2/c1-10-5-3-4-6-13(10)16(20)18-15-9-12(17)7-8-14(15)11(2)19/h3-9H,1-2H3,(H,18,20). The number of carbonyl (C=O) groups is 2. The Morgan fingerprint density at radius 3 is 2.40 bits per heavy atom. The first kappa shape index (κ1) is 14.3. The predicted molar refractivity (Wildman–Crippen MR) is 80.6 cm³/mol. The van der Waals surface area contributed by atoms with Crippen molar-refractivity contribution in [3.05, 3.63) is 64.2 Å². The molecule has 0 radical (unpaired) electrons. The summed E-state index contributed by atoms with van der Waals surface area (Å²) in [5.41, 5.74) is 2.31. The molecule has 2 aromatic rings. The highest BCUT2D eigenvalue weighted by molar-refractivity contribution is 6.31. The van der Waals surface area contributed by atoms with E-state index in [-0.39, 0.29) is 11.7 Å². The third kappa shape index (κ3) is 3.06. The van der Waals surface area contributed by atoms with Crippen molar-refractivity contribution in [2.24, 2.45) is 0 Å². The van der Waals surface area contributed by atoms with Crippen LogP contribution in [0.5, 0.6) is 0 Å². The SMILES string of the molecule is CC(=O)c1ccc(Cl)cc1NC(=O)c1ccccc1C.